The van der Waals surface area contributed by atoms with Crippen LogP contribution in [0.5, 0.6) is 0 Å². The molecule has 0 radical (unpaired) electrons. The minimum atomic E-state index is -0.994. The van der Waals surface area contributed by atoms with Crippen LogP contribution in [-0.4, -0.2) is 15.0 Å². The van der Waals surface area contributed by atoms with Gasteiger partial charge in [0.25, 0.3) is 0 Å². The van der Waals surface area contributed by atoms with Crippen molar-refractivity contribution in [1.82, 2.24) is 15.0 Å². The molecule has 4 heterocycles. The van der Waals surface area contributed by atoms with E-state index >= 15 is 0 Å². The molecule has 0 aliphatic rings. The molecule has 8 aromatic carbocycles. The van der Waals surface area contributed by atoms with Crippen molar-refractivity contribution in [2.45, 2.75) is 0 Å². The molecule has 6 heteroatoms. The molecule has 6 nitrogen and oxygen atoms in total. The molecule has 0 atom stereocenters. The summed E-state index contributed by atoms with van der Waals surface area (Å²) in [6.45, 7) is 0. The highest BCUT2D eigenvalue weighted by atomic mass is 16.3. The van der Waals surface area contributed by atoms with Crippen LogP contribution in [0.1, 0.15) is 39.8 Å². The van der Waals surface area contributed by atoms with Crippen LogP contribution in [0.4, 0.5) is 0 Å². The smallest absolute Gasteiger partial charge is 0.167 e. The number of fused-ring (bicyclic) bond motifs is 9. The zero-order chi connectivity index (χ0) is 62.7. The molecule has 0 unspecified atom stereocenters. The highest BCUT2D eigenvalue weighted by Crippen LogP contribution is 2.44. The van der Waals surface area contributed by atoms with E-state index in [4.69, 9.17) is 42.0 Å². The van der Waals surface area contributed by atoms with Gasteiger partial charge in [0.15, 0.2) is 17.5 Å². The molecule has 0 fully saturated rings. The van der Waals surface area contributed by atoms with Gasteiger partial charge in [-0.1, -0.05) is 133 Å². The lowest BCUT2D eigenvalue weighted by Gasteiger charge is -2.09. The topological polar surface area (TPSA) is 78.1 Å². The zero-order valence-corrected chi connectivity index (χ0v) is 28.1. The number of hydrogen-bond acceptors (Lipinski definition) is 6. The molecule has 57 heavy (non-hydrogen) atoms. The summed E-state index contributed by atoms with van der Waals surface area (Å²) in [5, 5.41) is -3.12. The van der Waals surface area contributed by atoms with E-state index in [2.05, 4.69) is 15.0 Å². The first kappa shape index (κ1) is 14.3. The predicted molar refractivity (Wildman–Crippen MR) is 229 cm³/mol. The SMILES string of the molecule is [2H]c1c([2H])c([2H])c(-c2nc(-c3c([2H])c([2H])c([2H])c4c3oc3c([2H])c(-c5c([2H])c([2H])c(-c6c([2H])c([2H])c([2H])c([2H])c6[2H])c6oc7c([2H])c([2H])c([2H])c([2H])c7c56)c([2H])c([2H])c34)nc(-c3c([2H])c([2H])c([2H])c4oc5c([2H])c([2H])c([2H])c([2H])c5c34)n2)c([2H])c1[2H]. The van der Waals surface area contributed by atoms with Crippen LogP contribution in [0.15, 0.2) is 188 Å². The second-order valence-electron chi connectivity index (χ2n) is 12.1. The molecule has 0 saturated heterocycles. The second-order valence-corrected chi connectivity index (χ2v) is 12.1. The Morgan fingerprint density at radius 3 is 1.70 bits per heavy atom. The Bertz CT molecular complexity index is 5190. The number of benzene rings is 8. The Hall–Kier alpha value is -7.83. The summed E-state index contributed by atoms with van der Waals surface area (Å²) in [5.41, 5.74) is -8.81. The molecular formula is C51H29N3O3. The van der Waals surface area contributed by atoms with Crippen LogP contribution < -0.4 is 0 Å². The van der Waals surface area contributed by atoms with E-state index in [0.717, 1.165) is 0 Å². The van der Waals surface area contributed by atoms with Gasteiger partial charge in [0.05, 0.1) is 45.3 Å². The van der Waals surface area contributed by atoms with Gasteiger partial charge in [-0.25, -0.2) is 15.0 Å². The van der Waals surface area contributed by atoms with E-state index in [1.165, 1.54) is 0 Å². The minimum Gasteiger partial charge on any atom is -0.456 e. The first-order chi connectivity index (χ1) is 40.3. The average molecular weight is 761 g/mol. The number of para-hydroxylation sites is 3. The lowest BCUT2D eigenvalue weighted by atomic mass is 9.94. The Balaban J connectivity index is 1.24. The third kappa shape index (κ3) is 4.94. The Labute approximate surface area is 366 Å². The fourth-order valence-electron chi connectivity index (χ4n) is 6.52. The van der Waals surface area contributed by atoms with Crippen molar-refractivity contribution in [3.05, 3.63) is 175 Å². The van der Waals surface area contributed by atoms with Crippen molar-refractivity contribution in [1.29, 1.82) is 0 Å². The van der Waals surface area contributed by atoms with Gasteiger partial charge < -0.3 is 13.3 Å². The van der Waals surface area contributed by atoms with Gasteiger partial charge in [-0.3, -0.25) is 0 Å². The van der Waals surface area contributed by atoms with Crippen molar-refractivity contribution in [3.63, 3.8) is 0 Å². The van der Waals surface area contributed by atoms with Crippen LogP contribution in [-0.2, 0) is 0 Å². The molecule has 0 aliphatic carbocycles. The third-order valence-electron chi connectivity index (χ3n) is 8.94. The summed E-state index contributed by atoms with van der Waals surface area (Å²) in [6.07, 6.45) is 0. The van der Waals surface area contributed by atoms with Gasteiger partial charge in [0.1, 0.15) is 33.5 Å². The molecule has 0 spiro atoms. The molecule has 0 amide bonds. The highest BCUT2D eigenvalue weighted by molar-refractivity contribution is 6.17. The summed E-state index contributed by atoms with van der Waals surface area (Å²) < 4.78 is 276. The van der Waals surface area contributed by atoms with E-state index in [1.807, 2.05) is 0 Å². The van der Waals surface area contributed by atoms with Crippen LogP contribution in [0.2, 0.25) is 0 Å². The van der Waals surface area contributed by atoms with Gasteiger partial charge in [0.2, 0.25) is 0 Å². The summed E-state index contributed by atoms with van der Waals surface area (Å²) >= 11 is 0. The van der Waals surface area contributed by atoms with Crippen LogP contribution in [0.3, 0.4) is 0 Å². The summed E-state index contributed by atoms with van der Waals surface area (Å²) in [7, 11) is 0. The monoisotopic (exact) mass is 760 g/mol. The van der Waals surface area contributed by atoms with Gasteiger partial charge in [0, 0.05) is 49.0 Å². The van der Waals surface area contributed by atoms with E-state index in [0.29, 0.717) is 0 Å². The van der Waals surface area contributed by atoms with Gasteiger partial charge >= 0.3 is 0 Å². The Kier molecular flexibility index (Phi) is 3.11. The normalized spacial score (nSPS) is 19.0. The van der Waals surface area contributed by atoms with Crippen LogP contribution in [0, 0.1) is 0 Å². The maximum Gasteiger partial charge on any atom is 0.167 e. The van der Waals surface area contributed by atoms with E-state index < -0.39 is 297 Å². The maximum absolute atomic E-state index is 9.83. The van der Waals surface area contributed by atoms with Crippen LogP contribution >= 0.6 is 0 Å². The minimum absolute atomic E-state index is 0.437. The standard InChI is InChI=1S/C51H29N3O3/c1-3-13-30(14-4-1)34-28-27-33(46-38-18-8-10-23-42(38)56-48(34)46)32-25-26-35-36-19-11-21-40(47(36)57-44(35)29-32)51-53-49(31-15-5-2-6-16-31)52-50(54-51)39-20-12-24-43-45(39)37-17-7-9-22-41(37)55-43/h1-29H/i1D,2D,3D,4D,5D,6D,7D,8D,9D,10D,11D,12D,13D,14D,15D,16D,17D,18D,19D,20D,21D,22D,23D,24D,25D,26D,27D,28D,29D. The van der Waals surface area contributed by atoms with Crippen molar-refractivity contribution in [2.75, 3.05) is 0 Å². The fourth-order valence-corrected chi connectivity index (χ4v) is 6.52. The zero-order valence-electron chi connectivity index (χ0n) is 57.1. The van der Waals surface area contributed by atoms with E-state index in [9.17, 15) is 11.0 Å². The first-order valence-electron chi connectivity index (χ1n) is 31.1. The number of furan rings is 3. The van der Waals surface area contributed by atoms with Crippen molar-refractivity contribution < 1.29 is 53.0 Å². The van der Waals surface area contributed by atoms with Crippen molar-refractivity contribution in [3.8, 4) is 56.4 Å². The largest absolute Gasteiger partial charge is 0.456 e. The Morgan fingerprint density at radius 1 is 0.316 bits per heavy atom. The van der Waals surface area contributed by atoms with Crippen molar-refractivity contribution >= 4 is 65.8 Å². The van der Waals surface area contributed by atoms with Crippen molar-refractivity contribution in [2.24, 2.45) is 0 Å². The number of rotatable bonds is 5. The highest BCUT2D eigenvalue weighted by Gasteiger charge is 2.22. The predicted octanol–water partition coefficient (Wildman–Crippen LogP) is 13.9. The molecule has 0 bridgehead atoms. The summed E-state index contributed by atoms with van der Waals surface area (Å²) in [6, 6.07) is -25.5. The van der Waals surface area contributed by atoms with Gasteiger partial charge in [-0.2, -0.15) is 0 Å². The fraction of sp³-hybridized carbons (Fsp3) is 0. The maximum atomic E-state index is 9.83. The molecule has 0 saturated carbocycles. The third-order valence-corrected chi connectivity index (χ3v) is 8.94. The molecule has 4 aromatic heterocycles. The Morgan fingerprint density at radius 2 is 0.895 bits per heavy atom. The molecule has 12 rings (SSSR count). The number of hydrogen-bond donors (Lipinski definition) is 0. The average Bonchev–Trinajstić information content (AvgIpc) is 1.59. The van der Waals surface area contributed by atoms with Crippen LogP contribution in [0.25, 0.3) is 122 Å². The summed E-state index contributed by atoms with van der Waals surface area (Å²) in [5.74, 6) is -2.47. The quantitative estimate of drug-likeness (QED) is 0.174. The number of nitrogens with zero attached hydrogens (tertiary/aromatic N) is 3. The first-order valence-corrected chi connectivity index (χ1v) is 16.6. The van der Waals surface area contributed by atoms with E-state index in [1.54, 1.807) is 0 Å². The summed E-state index contributed by atoms with van der Waals surface area (Å²) in [4.78, 5) is 13.4. The molecule has 0 N–H and O–H groups in total. The molecular weight excluding hydrogens is 703 g/mol. The molecule has 0 aliphatic heterocycles. The number of aromatic nitrogens is 3. The van der Waals surface area contributed by atoms with Gasteiger partial charge in [-0.15, -0.1) is 0 Å². The molecule has 12 aromatic rings. The van der Waals surface area contributed by atoms with Gasteiger partial charge in [-0.05, 0) is 59.0 Å². The second kappa shape index (κ2) is 12.3. The molecule has 266 valence electrons. The van der Waals surface area contributed by atoms with E-state index in [-0.39, 0.29) is 0 Å². The lowest BCUT2D eigenvalue weighted by Crippen LogP contribution is -2.00. The lowest BCUT2D eigenvalue weighted by molar-refractivity contribution is 0.668.